The second-order valence-electron chi connectivity index (χ2n) is 16.5. The van der Waals surface area contributed by atoms with Crippen LogP contribution in [0.5, 0.6) is 5.75 Å². The molecule has 0 fully saturated rings. The fourth-order valence-corrected chi connectivity index (χ4v) is 9.52. The van der Waals surface area contributed by atoms with Gasteiger partial charge in [-0.3, -0.25) is 9.55 Å². The van der Waals surface area contributed by atoms with E-state index < -0.39 is 6.85 Å². The van der Waals surface area contributed by atoms with Crippen molar-refractivity contribution in [3.05, 3.63) is 217 Å². The van der Waals surface area contributed by atoms with Crippen molar-refractivity contribution in [1.82, 2.24) is 14.5 Å². The van der Waals surface area contributed by atoms with E-state index in [0.29, 0.717) is 11.4 Å². The molecular weight excluding hydrogens is 755 g/mol. The Hall–Kier alpha value is -7.82. The highest BCUT2D eigenvalue weighted by Gasteiger charge is 2.38. The van der Waals surface area contributed by atoms with E-state index in [-0.39, 0.29) is 16.7 Å². The minimum Gasteiger partial charge on any atom is -0.507 e. The molecule has 0 amide bonds. The molecule has 0 saturated heterocycles. The summed E-state index contributed by atoms with van der Waals surface area (Å²) >= 11 is 0. The van der Waals surface area contributed by atoms with E-state index in [9.17, 15) is 5.11 Å². The van der Waals surface area contributed by atoms with Gasteiger partial charge in [0.2, 0.25) is 0 Å². The fraction of sp³-hybridized carbons (Fsp3) is 0.0690. The zero-order valence-corrected chi connectivity index (χ0v) is 34.3. The molecule has 2 heterocycles. The predicted molar refractivity (Wildman–Crippen MR) is 255 cm³/mol. The summed E-state index contributed by atoms with van der Waals surface area (Å²) in [5.41, 5.74) is 17.5. The van der Waals surface area contributed by atoms with Crippen molar-refractivity contribution in [3.8, 4) is 89.7 Å². The number of pyridine rings is 1. The topological polar surface area (TPSA) is 50.9 Å². The van der Waals surface area contributed by atoms with Crippen molar-refractivity contribution >= 4 is 11.0 Å². The van der Waals surface area contributed by atoms with Crippen molar-refractivity contribution in [1.29, 1.82) is 0 Å². The molecule has 0 saturated carbocycles. The monoisotopic (exact) mass is 800 g/mol. The number of aromatic hydroxyl groups is 1. The van der Waals surface area contributed by atoms with Gasteiger partial charge in [-0.25, -0.2) is 4.98 Å². The Labute approximate surface area is 366 Å². The number of fused-ring (bicyclic) bond motifs is 4. The summed E-state index contributed by atoms with van der Waals surface area (Å²) in [7, 11) is 0. The van der Waals surface area contributed by atoms with Crippen LogP contribution in [0.15, 0.2) is 200 Å². The van der Waals surface area contributed by atoms with Crippen LogP contribution in [0.2, 0.25) is 0 Å². The lowest BCUT2D eigenvalue weighted by atomic mass is 9.78. The third kappa shape index (κ3) is 6.14. The molecule has 0 aliphatic heterocycles. The summed E-state index contributed by atoms with van der Waals surface area (Å²) in [6.45, 7) is 2.27. The van der Waals surface area contributed by atoms with Gasteiger partial charge in [0.1, 0.15) is 11.6 Å². The van der Waals surface area contributed by atoms with Gasteiger partial charge < -0.3 is 5.11 Å². The Morgan fingerprint density at radius 1 is 0.500 bits per heavy atom. The number of hydrogen-bond donors (Lipinski definition) is 1. The standard InChI is InChI=1S/C58H43N3O/c1-37-25-30-52(47(33-37)41-17-8-5-9-18-41)61-53-23-14-21-45(56(53)60-57(61)46-20-11-13-24-54(46)62)49-35-43(34-48-44-19-10-12-22-50(44)58(2,3)55(48)49)51-36-42(31-32-59-51)40-28-26-39(27-29-40)38-15-6-4-7-16-38/h4-36,62H,1-3H3/i1D3. The third-order valence-electron chi connectivity index (χ3n) is 12.5. The number of nitrogens with zero attached hydrogens (tertiary/aromatic N) is 3. The van der Waals surface area contributed by atoms with Crippen LogP contribution in [-0.4, -0.2) is 19.6 Å². The van der Waals surface area contributed by atoms with Crippen molar-refractivity contribution in [2.24, 2.45) is 0 Å². The summed E-state index contributed by atoms with van der Waals surface area (Å²) in [5, 5.41) is 11.5. The molecule has 0 bridgehead atoms. The molecule has 0 atom stereocenters. The van der Waals surface area contributed by atoms with Crippen LogP contribution in [0.3, 0.4) is 0 Å². The lowest BCUT2D eigenvalue weighted by Crippen LogP contribution is -2.16. The minimum absolute atomic E-state index is 0.0890. The summed E-state index contributed by atoms with van der Waals surface area (Å²) < 4.78 is 27.0. The second-order valence-corrected chi connectivity index (χ2v) is 16.5. The van der Waals surface area contributed by atoms with E-state index in [2.05, 4.69) is 134 Å². The first kappa shape index (κ1) is 34.0. The van der Waals surface area contributed by atoms with Gasteiger partial charge in [-0.1, -0.05) is 159 Å². The molecule has 4 nitrogen and oxygen atoms in total. The van der Waals surface area contributed by atoms with Gasteiger partial charge in [0, 0.05) is 32.4 Å². The molecule has 296 valence electrons. The van der Waals surface area contributed by atoms with E-state index in [0.717, 1.165) is 66.9 Å². The molecule has 1 N–H and O–H groups in total. The number of rotatable bonds is 7. The number of hydrogen-bond acceptors (Lipinski definition) is 3. The molecule has 0 unspecified atom stereocenters. The number of aromatic nitrogens is 3. The van der Waals surface area contributed by atoms with Crippen molar-refractivity contribution in [3.63, 3.8) is 0 Å². The molecule has 0 spiro atoms. The second kappa shape index (κ2) is 14.7. The van der Waals surface area contributed by atoms with E-state index >= 15 is 0 Å². The van der Waals surface area contributed by atoms with Gasteiger partial charge in [-0.2, -0.15) is 0 Å². The van der Waals surface area contributed by atoms with Crippen molar-refractivity contribution < 1.29 is 9.22 Å². The molecule has 1 aliphatic carbocycles. The fourth-order valence-electron chi connectivity index (χ4n) is 9.52. The maximum atomic E-state index is 11.5. The zero-order chi connectivity index (χ0) is 44.5. The van der Waals surface area contributed by atoms with Crippen molar-refractivity contribution in [2.45, 2.75) is 26.1 Å². The number of benzene rings is 8. The van der Waals surface area contributed by atoms with Gasteiger partial charge in [0.05, 0.1) is 28.0 Å². The van der Waals surface area contributed by atoms with Crippen LogP contribution >= 0.6 is 0 Å². The first-order valence-electron chi connectivity index (χ1n) is 22.5. The molecule has 0 radical (unpaired) electrons. The molecule has 8 aromatic carbocycles. The Balaban J connectivity index is 1.15. The van der Waals surface area contributed by atoms with Crippen LogP contribution in [0.25, 0.3) is 95.0 Å². The summed E-state index contributed by atoms with van der Waals surface area (Å²) in [6.07, 6.45) is 1.89. The maximum absolute atomic E-state index is 11.5. The average molecular weight is 801 g/mol. The zero-order valence-electron chi connectivity index (χ0n) is 37.3. The van der Waals surface area contributed by atoms with Gasteiger partial charge >= 0.3 is 0 Å². The number of phenols is 1. The van der Waals surface area contributed by atoms with E-state index in [1.165, 1.54) is 27.8 Å². The minimum atomic E-state index is -2.32. The SMILES string of the molecule is [2H]C([2H])([2H])c1ccc(-n2c(-c3ccccc3O)nc3c(-c4cc(-c5cc(-c6ccc(-c7ccccc7)cc6)ccn5)cc5c4C(C)(C)c4ccccc4-5)cccc32)c(-c2ccccc2)c1. The molecule has 62 heavy (non-hydrogen) atoms. The van der Waals surface area contributed by atoms with Crippen molar-refractivity contribution in [2.75, 3.05) is 0 Å². The van der Waals surface area contributed by atoms with Crippen LogP contribution in [0.1, 0.15) is 34.7 Å². The number of aryl methyl sites for hydroxylation is 1. The largest absolute Gasteiger partial charge is 0.507 e. The highest BCUT2D eigenvalue weighted by atomic mass is 16.3. The first-order chi connectivity index (χ1) is 31.5. The van der Waals surface area contributed by atoms with Gasteiger partial charge in [0.15, 0.2) is 0 Å². The smallest absolute Gasteiger partial charge is 0.149 e. The third-order valence-corrected chi connectivity index (χ3v) is 12.5. The van der Waals surface area contributed by atoms with E-state index in [1.807, 2.05) is 60.8 Å². The Morgan fingerprint density at radius 2 is 1.13 bits per heavy atom. The Morgan fingerprint density at radius 3 is 1.87 bits per heavy atom. The number of para-hydroxylation sites is 2. The highest BCUT2D eigenvalue weighted by molar-refractivity contribution is 6.01. The Kier molecular flexibility index (Phi) is 8.06. The molecule has 11 rings (SSSR count). The number of phenolic OH excluding ortho intramolecular Hbond substituents is 1. The number of imidazole rings is 1. The Bertz CT molecular complexity index is 3450. The lowest BCUT2D eigenvalue weighted by molar-refractivity contribution is 0.477. The van der Waals surface area contributed by atoms with E-state index in [4.69, 9.17) is 14.1 Å². The molecule has 1 aliphatic rings. The van der Waals surface area contributed by atoms with Crippen LogP contribution in [0, 0.1) is 6.85 Å². The van der Waals surface area contributed by atoms with Crippen LogP contribution in [-0.2, 0) is 5.41 Å². The van der Waals surface area contributed by atoms with Gasteiger partial charge in [0.25, 0.3) is 0 Å². The summed E-state index contributed by atoms with van der Waals surface area (Å²) in [6, 6.07) is 65.2. The van der Waals surface area contributed by atoms with Crippen LogP contribution < -0.4 is 0 Å². The van der Waals surface area contributed by atoms with Gasteiger partial charge in [-0.15, -0.1) is 0 Å². The summed E-state index contributed by atoms with van der Waals surface area (Å²) in [5.74, 6) is 0.624. The quantitative estimate of drug-likeness (QED) is 0.175. The lowest BCUT2D eigenvalue weighted by Gasteiger charge is -2.25. The first-order valence-corrected chi connectivity index (χ1v) is 21.0. The maximum Gasteiger partial charge on any atom is 0.149 e. The van der Waals surface area contributed by atoms with Gasteiger partial charge in [-0.05, 0) is 117 Å². The molecule has 2 aromatic heterocycles. The van der Waals surface area contributed by atoms with Crippen LogP contribution in [0.4, 0.5) is 0 Å². The molecule has 10 aromatic rings. The van der Waals surface area contributed by atoms with E-state index in [1.54, 1.807) is 24.3 Å². The summed E-state index contributed by atoms with van der Waals surface area (Å²) in [4.78, 5) is 10.5. The average Bonchev–Trinajstić information content (AvgIpc) is 3.84. The highest BCUT2D eigenvalue weighted by Crippen LogP contribution is 2.54. The predicted octanol–water partition coefficient (Wildman–Crippen LogP) is 14.7. The normalized spacial score (nSPS) is 13.5. The molecule has 4 heteroatoms. The molecular formula is C58H43N3O.